The van der Waals surface area contributed by atoms with Crippen molar-refractivity contribution < 1.29 is 0 Å². The molecular weight excluding hydrogens is 1250 g/mol. The molecule has 0 N–H and O–H groups in total. The second kappa shape index (κ2) is 21.7. The fourth-order valence-electron chi connectivity index (χ4n) is 15.6. The van der Waals surface area contributed by atoms with Gasteiger partial charge in [0, 0.05) is 142 Å². The van der Waals surface area contributed by atoms with Gasteiger partial charge >= 0.3 is 0 Å². The minimum Gasteiger partial charge on any atom is -0.308 e. The molecule has 0 aliphatic carbocycles. The molecule has 0 radical (unpaired) electrons. The molecule has 10 heterocycles. The quantitative estimate of drug-likeness (QED) is 0.165. The summed E-state index contributed by atoms with van der Waals surface area (Å²) in [5, 5.41) is 23.8. The summed E-state index contributed by atoms with van der Waals surface area (Å²) in [6.07, 6.45) is 9.50. The van der Waals surface area contributed by atoms with Gasteiger partial charge in [-0.2, -0.15) is 0 Å². The smallest absolute Gasteiger partial charge is 0.0966 e. The predicted octanol–water partition coefficient (Wildman–Crippen LogP) is 24.8. The lowest BCUT2D eigenvalue weighted by Crippen LogP contribution is -1.96. The minimum atomic E-state index is 0.939. The number of hydrogen-bond acceptors (Lipinski definition) is 7. The van der Waals surface area contributed by atoms with Gasteiger partial charge in [-0.25, -0.2) is 0 Å². The molecule has 23 aromatic rings. The third-order valence-electron chi connectivity index (χ3n) is 19.9. The highest BCUT2D eigenvalue weighted by atomic mass is 32.1. The lowest BCUT2D eigenvalue weighted by Gasteiger charge is -2.11. The van der Waals surface area contributed by atoms with Crippen LogP contribution in [0.15, 0.2) is 310 Å². The Balaban J connectivity index is 0.0000000971. The molecule has 10 heteroatoms. The third kappa shape index (κ3) is 8.32. The van der Waals surface area contributed by atoms with Gasteiger partial charge in [0.1, 0.15) is 0 Å². The Hall–Kier alpha value is -12.2. The summed E-state index contributed by atoms with van der Waals surface area (Å²) < 4.78 is 15.3. The average Bonchev–Trinajstić information content (AvgIpc) is 1.56. The van der Waals surface area contributed by atoms with E-state index < -0.39 is 0 Å². The van der Waals surface area contributed by atoms with Crippen LogP contribution in [0.2, 0.25) is 0 Å². The molecule has 0 aliphatic rings. The predicted molar refractivity (Wildman–Crippen MR) is 420 cm³/mol. The molecule has 0 bridgehead atoms. The number of hydrogen-bond donors (Lipinski definition) is 0. The van der Waals surface area contributed by atoms with Crippen molar-refractivity contribution in [3.8, 4) is 17.1 Å². The highest BCUT2D eigenvalue weighted by Gasteiger charge is 2.22. The lowest BCUT2D eigenvalue weighted by molar-refractivity contribution is 1.17. The van der Waals surface area contributed by atoms with Gasteiger partial charge in [-0.15, -0.1) is 34.0 Å². The van der Waals surface area contributed by atoms with Gasteiger partial charge < -0.3 is 13.7 Å². The molecule has 0 atom stereocenters. The Labute approximate surface area is 570 Å². The van der Waals surface area contributed by atoms with Crippen molar-refractivity contribution >= 4 is 214 Å². The molecule has 10 aromatic heterocycles. The Kier molecular flexibility index (Phi) is 12.2. The third-order valence-corrected chi connectivity index (χ3v) is 23.5. The van der Waals surface area contributed by atoms with Crippen molar-refractivity contribution in [3.05, 3.63) is 310 Å². The van der Waals surface area contributed by atoms with Crippen molar-refractivity contribution in [2.24, 2.45) is 0 Å². The van der Waals surface area contributed by atoms with Gasteiger partial charge in [0.25, 0.3) is 0 Å². The van der Waals surface area contributed by atoms with Crippen LogP contribution in [0.5, 0.6) is 0 Å². The maximum absolute atomic E-state index is 4.92. The number of benzene rings is 13. The number of thiophene rings is 3. The van der Waals surface area contributed by atoms with Crippen LogP contribution < -0.4 is 0 Å². The number of pyridine rings is 4. The van der Waals surface area contributed by atoms with Crippen molar-refractivity contribution in [3.63, 3.8) is 0 Å². The number of rotatable bonds is 3. The minimum absolute atomic E-state index is 0.939. The van der Waals surface area contributed by atoms with E-state index in [0.29, 0.717) is 0 Å². The van der Waals surface area contributed by atoms with E-state index >= 15 is 0 Å². The van der Waals surface area contributed by atoms with Gasteiger partial charge in [0.05, 0.1) is 75.6 Å². The summed E-state index contributed by atoms with van der Waals surface area (Å²) in [6, 6.07) is 101. The second-order valence-corrected chi connectivity index (χ2v) is 28.4. The Morgan fingerprint density at radius 3 is 1.15 bits per heavy atom. The van der Waals surface area contributed by atoms with E-state index in [4.69, 9.17) is 4.98 Å². The van der Waals surface area contributed by atoms with E-state index in [-0.39, 0.29) is 0 Å². The molecule has 0 saturated carbocycles. The molecule has 0 aliphatic heterocycles. The fourth-order valence-corrected chi connectivity index (χ4v) is 19.3. The van der Waals surface area contributed by atoms with Gasteiger partial charge in [0.15, 0.2) is 0 Å². The van der Waals surface area contributed by atoms with E-state index in [1.165, 1.54) is 159 Å². The summed E-state index contributed by atoms with van der Waals surface area (Å²) in [5.41, 5.74) is 13.9. The largest absolute Gasteiger partial charge is 0.308 e. The highest BCUT2D eigenvalue weighted by Crippen LogP contribution is 2.47. The van der Waals surface area contributed by atoms with Crippen LogP contribution in [0.25, 0.3) is 197 Å². The van der Waals surface area contributed by atoms with E-state index in [2.05, 4.69) is 296 Å². The molecule has 0 amide bonds. The standard InChI is InChI=1S/C31H18N2S.C30H17N3S.C27H16N2S/c1-3-9-27-23(7-1)25-15-16-26-24-8-2-4-10-28(24)34-31(26)30(25)33(27)21-13-14-22-20(18-21)12-11-19-6-5-17-32-29(19)22;1-3-9-25-21(7-1)23-13-14-24-22-8-2-4-10-26(22)34-30(24)29(23)33(25)20-16-19-12-11-18-6-5-15-31-27(18)28(19)32-17-20;1-3-7-24-20(5-1)22-11-12-23-21-6-2-4-8-25(21)30-27(23)26(22)29(24)19-10-9-18-16-28-14-13-17(18)15-19/h1-18H;1-17H;1-16H. The summed E-state index contributed by atoms with van der Waals surface area (Å²) in [6.45, 7) is 0. The summed E-state index contributed by atoms with van der Waals surface area (Å²) in [7, 11) is 0. The van der Waals surface area contributed by atoms with Gasteiger partial charge in [-0.1, -0.05) is 194 Å². The first-order valence-electron chi connectivity index (χ1n) is 32.9. The van der Waals surface area contributed by atoms with Crippen LogP contribution in [-0.2, 0) is 0 Å². The van der Waals surface area contributed by atoms with Crippen LogP contribution in [0.4, 0.5) is 0 Å². The van der Waals surface area contributed by atoms with Crippen LogP contribution in [0.3, 0.4) is 0 Å². The van der Waals surface area contributed by atoms with Gasteiger partial charge in [-0.05, 0) is 95.7 Å². The molecular formula is C88H51N7S3. The first kappa shape index (κ1) is 55.1. The number of fused-ring (bicyclic) bond motifs is 28. The van der Waals surface area contributed by atoms with Gasteiger partial charge in [-0.3, -0.25) is 19.9 Å². The van der Waals surface area contributed by atoms with E-state index in [1.54, 1.807) is 0 Å². The number of nitrogens with zero attached hydrogens (tertiary/aromatic N) is 7. The molecule has 0 unspecified atom stereocenters. The number of para-hydroxylation sites is 3. The molecule has 0 spiro atoms. The maximum Gasteiger partial charge on any atom is 0.0966 e. The van der Waals surface area contributed by atoms with Crippen molar-refractivity contribution in [2.45, 2.75) is 0 Å². The zero-order valence-electron chi connectivity index (χ0n) is 52.3. The van der Waals surface area contributed by atoms with Crippen LogP contribution >= 0.6 is 34.0 Å². The molecule has 98 heavy (non-hydrogen) atoms. The van der Waals surface area contributed by atoms with Crippen LogP contribution in [-0.4, -0.2) is 33.6 Å². The SMILES string of the molecule is c1ccc2c(c1)sc1c2ccc2c3ccccc3n(-c3ccc4cnccc4c3)c21.c1cnc2c(c1)ccc1cc(-n3c4ccccc4c4ccc5c6ccccc6sc5c43)ccc12.c1cnc2c(c1)ccc1cc(-n3c4ccccc4c4ccc5c6ccccc6sc5c43)cnc12. The molecule has 7 nitrogen and oxygen atoms in total. The molecule has 456 valence electrons. The Morgan fingerprint density at radius 2 is 0.612 bits per heavy atom. The van der Waals surface area contributed by atoms with E-state index in [1.807, 2.05) is 77.1 Å². The molecule has 23 rings (SSSR count). The zero-order chi connectivity index (χ0) is 64.1. The molecule has 13 aromatic carbocycles. The lowest BCUT2D eigenvalue weighted by atomic mass is 10.1. The van der Waals surface area contributed by atoms with Crippen molar-refractivity contribution in [1.82, 2.24) is 33.6 Å². The summed E-state index contributed by atoms with van der Waals surface area (Å²) in [4.78, 5) is 18.4. The van der Waals surface area contributed by atoms with Gasteiger partial charge in [0.2, 0.25) is 0 Å². The molecule has 0 saturated heterocycles. The first-order valence-corrected chi connectivity index (χ1v) is 35.3. The topological polar surface area (TPSA) is 66.3 Å². The monoisotopic (exact) mass is 1300 g/mol. The van der Waals surface area contributed by atoms with Crippen molar-refractivity contribution in [2.75, 3.05) is 0 Å². The summed E-state index contributed by atoms with van der Waals surface area (Å²) >= 11 is 5.65. The Bertz CT molecular complexity index is 6980. The zero-order valence-corrected chi connectivity index (χ0v) is 54.7. The van der Waals surface area contributed by atoms with Crippen molar-refractivity contribution in [1.29, 1.82) is 0 Å². The van der Waals surface area contributed by atoms with Crippen LogP contribution in [0, 0.1) is 0 Å². The number of aromatic nitrogens is 7. The second-order valence-electron chi connectivity index (χ2n) is 25.2. The summed E-state index contributed by atoms with van der Waals surface area (Å²) in [5.74, 6) is 0. The van der Waals surface area contributed by atoms with E-state index in [9.17, 15) is 0 Å². The highest BCUT2D eigenvalue weighted by molar-refractivity contribution is 7.27. The molecule has 0 fully saturated rings. The van der Waals surface area contributed by atoms with Crippen LogP contribution in [0.1, 0.15) is 0 Å². The fraction of sp³-hybridized carbons (Fsp3) is 0. The normalized spacial score (nSPS) is 12.1. The van der Waals surface area contributed by atoms with E-state index in [0.717, 1.165) is 38.4 Å². The average molecular weight is 1300 g/mol. The maximum atomic E-state index is 4.92. The first-order chi connectivity index (χ1) is 48.6. The Morgan fingerprint density at radius 1 is 0.224 bits per heavy atom.